The van der Waals surface area contributed by atoms with E-state index in [0.29, 0.717) is 37.3 Å². The van der Waals surface area contributed by atoms with Crippen LogP contribution in [0.1, 0.15) is 18.4 Å². The topological polar surface area (TPSA) is 122 Å². The molecule has 0 aliphatic carbocycles. The van der Waals surface area contributed by atoms with Crippen LogP contribution in [-0.4, -0.2) is 77.9 Å². The van der Waals surface area contributed by atoms with Gasteiger partial charge in [0.25, 0.3) is 0 Å². The molecule has 0 atom stereocenters. The second-order valence-corrected chi connectivity index (χ2v) is 12.8. The fraction of sp³-hybridized carbons (Fsp3) is 0.458. The van der Waals surface area contributed by atoms with Crippen LogP contribution in [0.5, 0.6) is 5.75 Å². The van der Waals surface area contributed by atoms with E-state index in [0.717, 1.165) is 0 Å². The molecular weight excluding hydrogens is 525 g/mol. The molecule has 2 heterocycles. The van der Waals surface area contributed by atoms with Crippen LogP contribution in [0.2, 0.25) is 0 Å². The van der Waals surface area contributed by atoms with Gasteiger partial charge in [-0.15, -0.1) is 0 Å². The second-order valence-electron chi connectivity index (χ2n) is 8.93. The Morgan fingerprint density at radius 1 is 1.00 bits per heavy atom. The quantitative estimate of drug-likeness (QED) is 0.529. The Bertz CT molecular complexity index is 1320. The maximum atomic E-state index is 13.2. The second kappa shape index (κ2) is 11.4. The van der Waals surface area contributed by atoms with Crippen molar-refractivity contribution in [2.24, 2.45) is 5.92 Å². The first-order chi connectivity index (χ1) is 17.6. The third-order valence-electron chi connectivity index (χ3n) is 6.50. The molecule has 0 spiro atoms. The van der Waals surface area contributed by atoms with E-state index in [1.54, 1.807) is 6.07 Å². The van der Waals surface area contributed by atoms with Gasteiger partial charge in [0.2, 0.25) is 26.0 Å². The predicted octanol–water partition coefficient (Wildman–Crippen LogP) is 2.04. The number of piperidine rings is 1. The van der Waals surface area contributed by atoms with Crippen LogP contribution < -0.4 is 10.1 Å². The molecule has 1 amide bonds. The molecular formula is C24H30FN3O7S2. The van der Waals surface area contributed by atoms with E-state index in [2.05, 4.69) is 5.32 Å². The molecule has 0 unspecified atom stereocenters. The molecule has 0 saturated carbocycles. The van der Waals surface area contributed by atoms with Crippen LogP contribution in [-0.2, 0) is 35.3 Å². The summed E-state index contributed by atoms with van der Waals surface area (Å²) in [7, 11) is -6.09. The Hall–Kier alpha value is -2.58. The zero-order chi connectivity index (χ0) is 26.6. The molecule has 0 bridgehead atoms. The van der Waals surface area contributed by atoms with Crippen molar-refractivity contribution in [3.63, 3.8) is 0 Å². The van der Waals surface area contributed by atoms with Crippen molar-refractivity contribution in [3.05, 3.63) is 53.8 Å². The van der Waals surface area contributed by atoms with Crippen molar-refractivity contribution >= 4 is 31.6 Å². The van der Waals surface area contributed by atoms with Gasteiger partial charge >= 0.3 is 0 Å². The normalized spacial score (nSPS) is 18.4. The molecule has 10 nitrogen and oxygen atoms in total. The number of amides is 1. The molecule has 13 heteroatoms. The molecule has 0 radical (unpaired) electrons. The number of ether oxygens (including phenoxy) is 2. The summed E-state index contributed by atoms with van der Waals surface area (Å²) in [6.45, 7) is 1.42. The summed E-state index contributed by atoms with van der Waals surface area (Å²) in [5, 5.41) is 2.77. The minimum Gasteiger partial charge on any atom is -0.495 e. The van der Waals surface area contributed by atoms with Gasteiger partial charge in [0.1, 0.15) is 16.5 Å². The summed E-state index contributed by atoms with van der Waals surface area (Å²) in [4.78, 5) is 12.9. The standard InChI is InChI=1S/C24H30FN3O7S2/c1-34-22-7-6-21(16-23(22)37(32,33)28-12-14-35-15-13-28)26-24(29)19-8-10-27(11-9-19)36(30,31)17-18-2-4-20(25)5-3-18/h2-7,16,19H,8-15,17H2,1H3,(H,26,29). The van der Waals surface area contributed by atoms with Crippen molar-refractivity contribution in [1.29, 1.82) is 0 Å². The lowest BCUT2D eigenvalue weighted by Crippen LogP contribution is -2.42. The number of hydrogen-bond donors (Lipinski definition) is 1. The van der Waals surface area contributed by atoms with Crippen molar-refractivity contribution in [1.82, 2.24) is 8.61 Å². The summed E-state index contributed by atoms with van der Waals surface area (Å²) in [6, 6.07) is 9.76. The van der Waals surface area contributed by atoms with Gasteiger partial charge in [-0.1, -0.05) is 12.1 Å². The van der Waals surface area contributed by atoms with Gasteiger partial charge in [-0.05, 0) is 48.7 Å². The molecule has 1 N–H and O–H groups in total. The molecule has 2 aliphatic rings. The first kappa shape index (κ1) is 27.5. The Morgan fingerprint density at radius 3 is 2.27 bits per heavy atom. The first-order valence-corrected chi connectivity index (χ1v) is 14.9. The number of carbonyl (C=O) groups is 1. The third-order valence-corrected chi connectivity index (χ3v) is 10.3. The highest BCUT2D eigenvalue weighted by Crippen LogP contribution is 2.31. The van der Waals surface area contributed by atoms with Gasteiger partial charge in [0.05, 0.1) is 26.1 Å². The number of morpholine rings is 1. The lowest BCUT2D eigenvalue weighted by atomic mass is 9.97. The lowest BCUT2D eigenvalue weighted by molar-refractivity contribution is -0.120. The van der Waals surface area contributed by atoms with Crippen LogP contribution in [0, 0.1) is 11.7 Å². The number of halogens is 1. The molecule has 2 fully saturated rings. The SMILES string of the molecule is COc1ccc(NC(=O)C2CCN(S(=O)(=O)Cc3ccc(F)cc3)CC2)cc1S(=O)(=O)N1CCOCC1. The summed E-state index contributed by atoms with van der Waals surface area (Å²) < 4.78 is 78.2. The molecule has 202 valence electrons. The van der Waals surface area contributed by atoms with E-state index < -0.39 is 31.8 Å². The highest BCUT2D eigenvalue weighted by molar-refractivity contribution is 7.89. The molecule has 0 aromatic heterocycles. The fourth-order valence-corrected chi connectivity index (χ4v) is 7.56. The van der Waals surface area contributed by atoms with Crippen LogP contribution in [0.25, 0.3) is 0 Å². The highest BCUT2D eigenvalue weighted by atomic mass is 32.2. The van der Waals surface area contributed by atoms with Gasteiger partial charge < -0.3 is 14.8 Å². The largest absolute Gasteiger partial charge is 0.495 e. The Morgan fingerprint density at radius 2 is 1.65 bits per heavy atom. The van der Waals surface area contributed by atoms with E-state index in [1.807, 2.05) is 0 Å². The molecule has 2 aromatic carbocycles. The molecule has 4 rings (SSSR count). The van der Waals surface area contributed by atoms with Gasteiger partial charge in [-0.25, -0.2) is 25.5 Å². The van der Waals surface area contributed by atoms with Gasteiger partial charge in [-0.3, -0.25) is 4.79 Å². The fourth-order valence-electron chi connectivity index (χ4n) is 4.41. The third kappa shape index (κ3) is 6.47. The van der Waals surface area contributed by atoms with Gasteiger partial charge in [0, 0.05) is 37.8 Å². The lowest BCUT2D eigenvalue weighted by Gasteiger charge is -2.30. The molecule has 2 aliphatic heterocycles. The molecule has 2 saturated heterocycles. The minimum absolute atomic E-state index is 0.0450. The average Bonchev–Trinajstić information content (AvgIpc) is 2.90. The monoisotopic (exact) mass is 555 g/mol. The number of carbonyl (C=O) groups excluding carboxylic acids is 1. The smallest absolute Gasteiger partial charge is 0.246 e. The molecule has 2 aromatic rings. The van der Waals surface area contributed by atoms with Crippen LogP contribution in [0.4, 0.5) is 10.1 Å². The van der Waals surface area contributed by atoms with E-state index >= 15 is 0 Å². The summed E-state index contributed by atoms with van der Waals surface area (Å²) in [6.07, 6.45) is 0.646. The van der Waals surface area contributed by atoms with E-state index in [1.165, 1.54) is 52.1 Å². The summed E-state index contributed by atoms with van der Waals surface area (Å²) in [5.74, 6) is -1.25. The van der Waals surface area contributed by atoms with Crippen molar-refractivity contribution < 1.29 is 35.5 Å². The number of sulfonamides is 2. The van der Waals surface area contributed by atoms with Crippen LogP contribution in [0.3, 0.4) is 0 Å². The van der Waals surface area contributed by atoms with Gasteiger partial charge in [-0.2, -0.15) is 4.31 Å². The summed E-state index contributed by atoms with van der Waals surface area (Å²) in [5.41, 5.74) is 0.799. The number of methoxy groups -OCH3 is 1. The summed E-state index contributed by atoms with van der Waals surface area (Å²) >= 11 is 0. The van der Waals surface area contributed by atoms with Crippen molar-refractivity contribution in [2.75, 3.05) is 51.8 Å². The first-order valence-electron chi connectivity index (χ1n) is 11.9. The highest BCUT2D eigenvalue weighted by Gasteiger charge is 2.32. The Balaban J connectivity index is 1.39. The Labute approximate surface area is 216 Å². The number of nitrogens with zero attached hydrogens (tertiary/aromatic N) is 2. The maximum absolute atomic E-state index is 13.2. The Kier molecular flexibility index (Phi) is 8.49. The zero-order valence-corrected chi connectivity index (χ0v) is 22.1. The number of hydrogen-bond acceptors (Lipinski definition) is 7. The maximum Gasteiger partial charge on any atom is 0.246 e. The molecule has 37 heavy (non-hydrogen) atoms. The number of anilines is 1. The van der Waals surface area contributed by atoms with E-state index in [-0.39, 0.29) is 48.5 Å². The van der Waals surface area contributed by atoms with Crippen LogP contribution >= 0.6 is 0 Å². The number of benzene rings is 2. The van der Waals surface area contributed by atoms with E-state index in [4.69, 9.17) is 9.47 Å². The average molecular weight is 556 g/mol. The van der Waals surface area contributed by atoms with Crippen molar-refractivity contribution in [3.8, 4) is 5.75 Å². The number of rotatable bonds is 8. The van der Waals surface area contributed by atoms with E-state index in [9.17, 15) is 26.0 Å². The van der Waals surface area contributed by atoms with Gasteiger partial charge in [0.15, 0.2) is 0 Å². The minimum atomic E-state index is -3.86. The van der Waals surface area contributed by atoms with Crippen molar-refractivity contribution in [2.45, 2.75) is 23.5 Å². The zero-order valence-electron chi connectivity index (χ0n) is 20.4. The van der Waals surface area contributed by atoms with Crippen LogP contribution in [0.15, 0.2) is 47.4 Å². The predicted molar refractivity (Wildman–Crippen MR) is 135 cm³/mol. The number of nitrogens with one attached hydrogen (secondary N) is 1.